The quantitative estimate of drug-likeness (QED) is 0.903. The summed E-state index contributed by atoms with van der Waals surface area (Å²) in [5, 5.41) is 4.26. The average Bonchev–Trinajstić information content (AvgIpc) is 2.38. The minimum Gasteiger partial charge on any atom is -0.379 e. The van der Waals surface area contributed by atoms with Gasteiger partial charge in [0.1, 0.15) is 0 Å². The number of rotatable bonds is 4. The van der Waals surface area contributed by atoms with Crippen LogP contribution in [0.4, 0.5) is 5.69 Å². The molecule has 0 unspecified atom stereocenters. The summed E-state index contributed by atoms with van der Waals surface area (Å²) in [6.45, 7) is 0.505. The van der Waals surface area contributed by atoms with Crippen molar-refractivity contribution >= 4 is 34.8 Å². The third-order valence-electron chi connectivity index (χ3n) is 2.64. The van der Waals surface area contributed by atoms with E-state index in [1.165, 1.54) is 0 Å². The zero-order valence-corrected chi connectivity index (χ0v) is 11.5. The zero-order valence-electron chi connectivity index (χ0n) is 9.99. The lowest BCUT2D eigenvalue weighted by Gasteiger charge is -2.10. The number of para-hydroxylation sites is 1. The Morgan fingerprint density at radius 3 is 2.37 bits per heavy atom. The molecule has 19 heavy (non-hydrogen) atoms. The number of nitrogens with one attached hydrogen (secondary N) is 1. The van der Waals surface area contributed by atoms with Gasteiger partial charge in [0, 0.05) is 12.1 Å². The number of carbonyl (C=O) groups is 1. The molecule has 0 aliphatic rings. The summed E-state index contributed by atoms with van der Waals surface area (Å²) in [6.07, 6.45) is 0. The van der Waals surface area contributed by atoms with Crippen molar-refractivity contribution < 1.29 is 4.79 Å². The predicted octanol–water partition coefficient (Wildman–Crippen LogP) is 3.70. The van der Waals surface area contributed by atoms with Gasteiger partial charge in [0.15, 0.2) is 0 Å². The predicted molar refractivity (Wildman–Crippen MR) is 78.7 cm³/mol. The number of anilines is 1. The van der Waals surface area contributed by atoms with Gasteiger partial charge in [-0.1, -0.05) is 41.4 Å². The van der Waals surface area contributed by atoms with E-state index in [1.54, 1.807) is 36.4 Å². The maximum Gasteiger partial charge on any atom is 0.248 e. The fourth-order valence-corrected chi connectivity index (χ4v) is 2.22. The Labute approximate surface area is 121 Å². The molecule has 98 valence electrons. The SMILES string of the molecule is NC(=O)c1cccc(CNc2c(Cl)cccc2Cl)c1. The summed E-state index contributed by atoms with van der Waals surface area (Å²) in [6, 6.07) is 12.4. The molecule has 0 saturated heterocycles. The van der Waals surface area contributed by atoms with Crippen LogP contribution in [0.3, 0.4) is 0 Å². The summed E-state index contributed by atoms with van der Waals surface area (Å²) in [5.74, 6) is -0.447. The Bertz CT molecular complexity index is 594. The third-order valence-corrected chi connectivity index (χ3v) is 3.27. The zero-order chi connectivity index (χ0) is 13.8. The molecule has 0 fully saturated rings. The van der Waals surface area contributed by atoms with Gasteiger partial charge in [-0.15, -0.1) is 0 Å². The van der Waals surface area contributed by atoms with Crippen LogP contribution >= 0.6 is 23.2 Å². The molecule has 2 aromatic carbocycles. The van der Waals surface area contributed by atoms with Crippen molar-refractivity contribution in [3.8, 4) is 0 Å². The first kappa shape index (κ1) is 13.7. The molecule has 0 aromatic heterocycles. The van der Waals surface area contributed by atoms with Crippen molar-refractivity contribution in [1.29, 1.82) is 0 Å². The number of benzene rings is 2. The minimum absolute atomic E-state index is 0.447. The fraction of sp³-hybridized carbons (Fsp3) is 0.0714. The van der Waals surface area contributed by atoms with Crippen LogP contribution in [-0.2, 0) is 6.54 Å². The summed E-state index contributed by atoms with van der Waals surface area (Å²) >= 11 is 12.1. The number of amides is 1. The van der Waals surface area contributed by atoms with Crippen LogP contribution in [0.25, 0.3) is 0 Å². The second-order valence-corrected chi connectivity index (χ2v) is 4.83. The molecule has 0 radical (unpaired) electrons. The van der Waals surface area contributed by atoms with E-state index in [1.807, 2.05) is 6.07 Å². The number of hydrogen-bond acceptors (Lipinski definition) is 2. The lowest BCUT2D eigenvalue weighted by molar-refractivity contribution is 0.1000. The molecule has 0 saturated carbocycles. The topological polar surface area (TPSA) is 55.1 Å². The van der Waals surface area contributed by atoms with E-state index >= 15 is 0 Å². The van der Waals surface area contributed by atoms with Gasteiger partial charge in [0.05, 0.1) is 15.7 Å². The van der Waals surface area contributed by atoms with Gasteiger partial charge >= 0.3 is 0 Å². The highest BCUT2D eigenvalue weighted by molar-refractivity contribution is 6.39. The van der Waals surface area contributed by atoms with Crippen LogP contribution in [0.2, 0.25) is 10.0 Å². The molecule has 2 aromatic rings. The van der Waals surface area contributed by atoms with Crippen LogP contribution in [0.5, 0.6) is 0 Å². The van der Waals surface area contributed by atoms with E-state index in [9.17, 15) is 4.79 Å². The van der Waals surface area contributed by atoms with Gasteiger partial charge in [-0.05, 0) is 29.8 Å². The van der Waals surface area contributed by atoms with E-state index in [0.29, 0.717) is 27.8 Å². The standard InChI is InChI=1S/C14H12Cl2N2O/c15-11-5-2-6-12(16)13(11)18-8-9-3-1-4-10(7-9)14(17)19/h1-7,18H,8H2,(H2,17,19). The number of halogens is 2. The van der Waals surface area contributed by atoms with E-state index in [2.05, 4.69) is 5.32 Å². The van der Waals surface area contributed by atoms with Crippen LogP contribution in [0.1, 0.15) is 15.9 Å². The molecule has 0 bridgehead atoms. The first-order chi connectivity index (χ1) is 9.08. The van der Waals surface area contributed by atoms with Gasteiger partial charge in [-0.25, -0.2) is 0 Å². The van der Waals surface area contributed by atoms with Gasteiger partial charge < -0.3 is 11.1 Å². The number of hydrogen-bond donors (Lipinski definition) is 2. The maximum absolute atomic E-state index is 11.1. The Morgan fingerprint density at radius 2 is 1.74 bits per heavy atom. The molecule has 3 N–H and O–H groups in total. The second-order valence-electron chi connectivity index (χ2n) is 4.01. The molecule has 0 aliphatic carbocycles. The summed E-state index contributed by atoms with van der Waals surface area (Å²) < 4.78 is 0. The Kier molecular flexibility index (Phi) is 4.30. The highest BCUT2D eigenvalue weighted by atomic mass is 35.5. The van der Waals surface area contributed by atoms with Crippen molar-refractivity contribution in [2.75, 3.05) is 5.32 Å². The van der Waals surface area contributed by atoms with E-state index in [4.69, 9.17) is 28.9 Å². The minimum atomic E-state index is -0.447. The molecule has 0 heterocycles. The molecule has 0 spiro atoms. The van der Waals surface area contributed by atoms with Crippen LogP contribution in [0, 0.1) is 0 Å². The van der Waals surface area contributed by atoms with Crippen molar-refractivity contribution in [3.63, 3.8) is 0 Å². The van der Waals surface area contributed by atoms with Gasteiger partial charge in [0.2, 0.25) is 5.91 Å². The normalized spacial score (nSPS) is 10.2. The van der Waals surface area contributed by atoms with E-state index in [0.717, 1.165) is 5.56 Å². The monoisotopic (exact) mass is 294 g/mol. The van der Waals surface area contributed by atoms with Crippen molar-refractivity contribution in [2.45, 2.75) is 6.54 Å². The van der Waals surface area contributed by atoms with Gasteiger partial charge in [-0.3, -0.25) is 4.79 Å². The average molecular weight is 295 g/mol. The largest absolute Gasteiger partial charge is 0.379 e. The Morgan fingerprint density at radius 1 is 1.11 bits per heavy atom. The number of primary amides is 1. The lowest BCUT2D eigenvalue weighted by atomic mass is 10.1. The van der Waals surface area contributed by atoms with Crippen LogP contribution in [-0.4, -0.2) is 5.91 Å². The van der Waals surface area contributed by atoms with Crippen LogP contribution in [0.15, 0.2) is 42.5 Å². The number of carbonyl (C=O) groups excluding carboxylic acids is 1. The first-order valence-electron chi connectivity index (χ1n) is 5.64. The molecule has 0 atom stereocenters. The van der Waals surface area contributed by atoms with Gasteiger partial charge in [0.25, 0.3) is 0 Å². The maximum atomic E-state index is 11.1. The van der Waals surface area contributed by atoms with Crippen molar-refractivity contribution in [1.82, 2.24) is 0 Å². The van der Waals surface area contributed by atoms with Crippen LogP contribution < -0.4 is 11.1 Å². The highest BCUT2D eigenvalue weighted by Crippen LogP contribution is 2.30. The molecule has 2 rings (SSSR count). The lowest BCUT2D eigenvalue weighted by Crippen LogP contribution is -2.11. The van der Waals surface area contributed by atoms with Crippen molar-refractivity contribution in [2.24, 2.45) is 5.73 Å². The molecule has 1 amide bonds. The Balaban J connectivity index is 2.15. The summed E-state index contributed by atoms with van der Waals surface area (Å²) in [7, 11) is 0. The molecule has 5 heteroatoms. The highest BCUT2D eigenvalue weighted by Gasteiger charge is 2.05. The number of nitrogens with two attached hydrogens (primary N) is 1. The molecular formula is C14H12Cl2N2O. The Hall–Kier alpha value is -1.71. The fourth-order valence-electron chi connectivity index (χ4n) is 1.69. The summed E-state index contributed by atoms with van der Waals surface area (Å²) in [5.41, 5.74) is 7.31. The molecule has 0 aliphatic heterocycles. The smallest absolute Gasteiger partial charge is 0.248 e. The molecule has 3 nitrogen and oxygen atoms in total. The van der Waals surface area contributed by atoms with E-state index in [-0.39, 0.29) is 0 Å². The van der Waals surface area contributed by atoms with E-state index < -0.39 is 5.91 Å². The third kappa shape index (κ3) is 3.40. The second kappa shape index (κ2) is 5.95. The van der Waals surface area contributed by atoms with Gasteiger partial charge in [-0.2, -0.15) is 0 Å². The summed E-state index contributed by atoms with van der Waals surface area (Å²) in [4.78, 5) is 11.1. The first-order valence-corrected chi connectivity index (χ1v) is 6.40. The van der Waals surface area contributed by atoms with Crippen molar-refractivity contribution in [3.05, 3.63) is 63.6 Å². The molecular weight excluding hydrogens is 283 g/mol.